The summed E-state index contributed by atoms with van der Waals surface area (Å²) in [5.74, 6) is -0.273. The molecular formula is C26H25ClN4O3S2. The average molecular weight is 541 g/mol. The molecule has 0 bridgehead atoms. The maximum absolute atomic E-state index is 13.2. The van der Waals surface area contributed by atoms with Gasteiger partial charge in [-0.1, -0.05) is 41.1 Å². The molecule has 1 atom stereocenters. The lowest BCUT2D eigenvalue weighted by Crippen LogP contribution is -2.37. The van der Waals surface area contributed by atoms with Crippen LogP contribution in [0.2, 0.25) is 5.02 Å². The minimum atomic E-state index is -0.814. The largest absolute Gasteiger partial charge is 0.348 e. The zero-order chi connectivity index (χ0) is 25.2. The summed E-state index contributed by atoms with van der Waals surface area (Å²) < 4.78 is 13.7. The Morgan fingerprint density at radius 3 is 2.67 bits per heavy atom. The first-order valence-corrected chi connectivity index (χ1v) is 14.4. The highest BCUT2D eigenvalue weighted by molar-refractivity contribution is 7.84. The Hall–Kier alpha value is -3.01. The lowest BCUT2D eigenvalue weighted by molar-refractivity contribution is 0.0954. The summed E-state index contributed by atoms with van der Waals surface area (Å²) in [6.07, 6.45) is 6.79. The number of carbonyl (C=O) groups excluding carboxylic acids is 1. The monoisotopic (exact) mass is 540 g/mol. The van der Waals surface area contributed by atoms with Crippen LogP contribution in [0.5, 0.6) is 0 Å². The number of piperidine rings is 1. The molecule has 1 fully saturated rings. The first-order chi connectivity index (χ1) is 17.4. The number of carbonyl (C=O) groups is 1. The molecular weight excluding hydrogens is 516 g/mol. The first kappa shape index (κ1) is 24.7. The van der Waals surface area contributed by atoms with E-state index in [4.69, 9.17) is 11.6 Å². The number of pyridine rings is 1. The number of nitrogens with zero attached hydrogens (tertiary/aromatic N) is 3. The normalized spacial score (nSPS) is 15.2. The Kier molecular flexibility index (Phi) is 7.22. The van der Waals surface area contributed by atoms with Gasteiger partial charge in [0.15, 0.2) is 10.6 Å². The fourth-order valence-electron chi connectivity index (χ4n) is 4.44. The van der Waals surface area contributed by atoms with Crippen LogP contribution in [0, 0.1) is 0 Å². The van der Waals surface area contributed by atoms with Crippen molar-refractivity contribution in [3.8, 4) is 5.69 Å². The molecule has 2 aromatic heterocycles. The highest BCUT2D eigenvalue weighted by Crippen LogP contribution is 2.27. The van der Waals surface area contributed by atoms with Crippen LogP contribution in [0.25, 0.3) is 16.6 Å². The van der Waals surface area contributed by atoms with E-state index in [0.717, 1.165) is 36.8 Å². The predicted octanol–water partition coefficient (Wildman–Crippen LogP) is 4.38. The van der Waals surface area contributed by atoms with Crippen molar-refractivity contribution in [2.45, 2.75) is 24.6 Å². The van der Waals surface area contributed by atoms with Gasteiger partial charge in [0.05, 0.1) is 11.7 Å². The van der Waals surface area contributed by atoms with E-state index in [1.807, 2.05) is 34.9 Å². The van der Waals surface area contributed by atoms with E-state index in [-0.39, 0.29) is 23.1 Å². The number of anilines is 1. The molecule has 36 heavy (non-hydrogen) atoms. The molecule has 186 valence electrons. The van der Waals surface area contributed by atoms with Gasteiger partial charge in [-0.2, -0.15) is 0 Å². The molecule has 1 N–H and O–H groups in total. The van der Waals surface area contributed by atoms with Gasteiger partial charge in [0.25, 0.3) is 5.91 Å². The molecule has 1 aliphatic heterocycles. The van der Waals surface area contributed by atoms with Crippen LogP contribution in [0.15, 0.2) is 65.7 Å². The molecule has 10 heteroatoms. The van der Waals surface area contributed by atoms with Gasteiger partial charge in [0, 0.05) is 69.8 Å². The summed E-state index contributed by atoms with van der Waals surface area (Å²) >= 11 is 7.56. The SMILES string of the molecule is CS(=O)C1CCN(c2ncc(C(=O)NCc3cn(-c4ccccc4)c4cc(Cl)ccc4c3=O)s2)CC1. The maximum atomic E-state index is 13.2. The van der Waals surface area contributed by atoms with Gasteiger partial charge in [-0.25, -0.2) is 4.98 Å². The highest BCUT2D eigenvalue weighted by atomic mass is 35.5. The number of aromatic nitrogens is 2. The third-order valence-electron chi connectivity index (χ3n) is 6.41. The van der Waals surface area contributed by atoms with Gasteiger partial charge in [0.1, 0.15) is 4.88 Å². The third kappa shape index (κ3) is 5.09. The van der Waals surface area contributed by atoms with Crippen molar-refractivity contribution in [2.75, 3.05) is 24.2 Å². The summed E-state index contributed by atoms with van der Waals surface area (Å²) in [6.45, 7) is 1.64. The Morgan fingerprint density at radius 2 is 1.94 bits per heavy atom. The molecule has 2 aromatic carbocycles. The summed E-state index contributed by atoms with van der Waals surface area (Å²) in [7, 11) is -0.814. The lowest BCUT2D eigenvalue weighted by atomic mass is 10.1. The van der Waals surface area contributed by atoms with E-state index in [9.17, 15) is 13.8 Å². The Morgan fingerprint density at radius 1 is 1.19 bits per heavy atom. The number of benzene rings is 2. The Labute approximate surface area is 220 Å². The van der Waals surface area contributed by atoms with Crippen molar-refractivity contribution in [2.24, 2.45) is 0 Å². The van der Waals surface area contributed by atoms with Crippen LogP contribution < -0.4 is 15.6 Å². The van der Waals surface area contributed by atoms with E-state index in [0.29, 0.717) is 26.4 Å². The summed E-state index contributed by atoms with van der Waals surface area (Å²) in [4.78, 5) is 33.2. The number of para-hydroxylation sites is 1. The zero-order valence-electron chi connectivity index (χ0n) is 19.6. The van der Waals surface area contributed by atoms with E-state index in [1.54, 1.807) is 36.8 Å². The second-order valence-electron chi connectivity index (χ2n) is 8.73. The molecule has 5 rings (SSSR count). The van der Waals surface area contributed by atoms with E-state index in [1.165, 1.54) is 11.3 Å². The molecule has 3 heterocycles. The van der Waals surface area contributed by atoms with Crippen LogP contribution in [-0.4, -0.2) is 44.3 Å². The van der Waals surface area contributed by atoms with Gasteiger partial charge in [0.2, 0.25) is 0 Å². The molecule has 0 spiro atoms. The lowest BCUT2D eigenvalue weighted by Gasteiger charge is -2.30. The molecule has 1 unspecified atom stereocenters. The quantitative estimate of drug-likeness (QED) is 0.392. The van der Waals surface area contributed by atoms with Crippen LogP contribution in [0.3, 0.4) is 0 Å². The van der Waals surface area contributed by atoms with Crippen molar-refractivity contribution in [3.63, 3.8) is 0 Å². The molecule has 0 radical (unpaired) electrons. The number of halogens is 1. The third-order valence-corrected chi connectivity index (χ3v) is 9.12. The van der Waals surface area contributed by atoms with Crippen LogP contribution in [0.4, 0.5) is 5.13 Å². The van der Waals surface area contributed by atoms with Crippen molar-refractivity contribution < 1.29 is 9.00 Å². The minimum absolute atomic E-state index is 0.0873. The van der Waals surface area contributed by atoms with Crippen LogP contribution in [0.1, 0.15) is 28.1 Å². The number of thiazole rings is 1. The summed E-state index contributed by atoms with van der Waals surface area (Å²) in [6, 6.07) is 14.9. The van der Waals surface area contributed by atoms with Gasteiger partial charge < -0.3 is 14.8 Å². The van der Waals surface area contributed by atoms with Crippen molar-refractivity contribution >= 4 is 55.7 Å². The van der Waals surface area contributed by atoms with Gasteiger partial charge in [-0.3, -0.25) is 13.8 Å². The minimum Gasteiger partial charge on any atom is -0.348 e. The fraction of sp³-hybridized carbons (Fsp3) is 0.269. The molecule has 4 aromatic rings. The summed E-state index contributed by atoms with van der Waals surface area (Å²) in [5.41, 5.74) is 1.92. The standard InChI is InChI=1S/C26H25ClN4O3S2/c1-36(34)20-9-11-30(12-10-20)26-29-15-23(35-26)25(33)28-14-17-16-31(19-5-3-2-4-6-19)22-13-18(27)7-8-21(22)24(17)32/h2-8,13,15-16,20H,9-12,14H2,1H3,(H,28,33). The number of rotatable bonds is 6. The van der Waals surface area contributed by atoms with Gasteiger partial charge in [-0.15, -0.1) is 0 Å². The molecule has 7 nitrogen and oxygen atoms in total. The average Bonchev–Trinajstić information content (AvgIpc) is 3.39. The molecule has 1 aliphatic rings. The topological polar surface area (TPSA) is 84.3 Å². The van der Waals surface area contributed by atoms with Crippen LogP contribution >= 0.6 is 22.9 Å². The number of hydrogen-bond donors (Lipinski definition) is 1. The molecule has 0 aliphatic carbocycles. The van der Waals surface area contributed by atoms with E-state index < -0.39 is 10.8 Å². The van der Waals surface area contributed by atoms with Gasteiger partial charge >= 0.3 is 0 Å². The summed E-state index contributed by atoms with van der Waals surface area (Å²) in [5, 5.41) is 4.97. The second kappa shape index (κ2) is 10.5. The van der Waals surface area contributed by atoms with E-state index >= 15 is 0 Å². The number of fused-ring (bicyclic) bond motifs is 1. The Balaban J connectivity index is 1.35. The smallest absolute Gasteiger partial charge is 0.263 e. The predicted molar refractivity (Wildman–Crippen MR) is 147 cm³/mol. The van der Waals surface area contributed by atoms with Crippen molar-refractivity contribution in [1.82, 2.24) is 14.9 Å². The number of hydrogen-bond acceptors (Lipinski definition) is 6. The van der Waals surface area contributed by atoms with Crippen LogP contribution in [-0.2, 0) is 17.3 Å². The molecule has 1 amide bonds. The van der Waals surface area contributed by atoms with Gasteiger partial charge in [-0.05, 0) is 43.2 Å². The van der Waals surface area contributed by atoms with Crippen molar-refractivity contribution in [3.05, 3.63) is 86.6 Å². The maximum Gasteiger partial charge on any atom is 0.263 e. The van der Waals surface area contributed by atoms with E-state index in [2.05, 4.69) is 15.2 Å². The molecule has 1 saturated heterocycles. The number of amides is 1. The Bertz CT molecular complexity index is 1490. The fourth-order valence-corrected chi connectivity index (χ4v) is 6.36. The van der Waals surface area contributed by atoms with Crippen molar-refractivity contribution in [1.29, 1.82) is 0 Å². The first-order valence-electron chi connectivity index (χ1n) is 11.6. The zero-order valence-corrected chi connectivity index (χ0v) is 22.0. The highest BCUT2D eigenvalue weighted by Gasteiger charge is 2.24. The number of nitrogens with one attached hydrogen (secondary N) is 1. The second-order valence-corrected chi connectivity index (χ2v) is 11.8. The molecule has 0 saturated carbocycles.